The van der Waals surface area contributed by atoms with Crippen LogP contribution in [0.25, 0.3) is 0 Å². The number of carbonyl (C=O) groups is 3. The van der Waals surface area contributed by atoms with Gasteiger partial charge < -0.3 is 15.1 Å². The fraction of sp³-hybridized carbons (Fsp3) is 0.591. The van der Waals surface area contributed by atoms with Gasteiger partial charge in [-0.05, 0) is 43.0 Å². The molecule has 1 saturated carbocycles. The zero-order chi connectivity index (χ0) is 19.7. The van der Waals surface area contributed by atoms with E-state index in [1.165, 1.54) is 19.3 Å². The van der Waals surface area contributed by atoms with Crippen LogP contribution in [0, 0.1) is 5.92 Å². The van der Waals surface area contributed by atoms with E-state index in [0.29, 0.717) is 19.5 Å². The van der Waals surface area contributed by atoms with Crippen molar-refractivity contribution in [2.45, 2.75) is 64.3 Å². The van der Waals surface area contributed by atoms with E-state index in [9.17, 15) is 14.4 Å². The first-order valence-corrected chi connectivity index (χ1v) is 10.6. The van der Waals surface area contributed by atoms with E-state index in [2.05, 4.69) is 5.32 Å². The molecule has 150 valence electrons. The number of anilines is 2. The number of benzene rings is 1. The summed E-state index contributed by atoms with van der Waals surface area (Å²) < 4.78 is 0. The Bertz CT molecular complexity index is 785. The van der Waals surface area contributed by atoms with E-state index in [4.69, 9.17) is 0 Å². The van der Waals surface area contributed by atoms with Crippen LogP contribution in [0.15, 0.2) is 18.2 Å². The third-order valence-electron chi connectivity index (χ3n) is 6.32. The van der Waals surface area contributed by atoms with Crippen LogP contribution in [-0.2, 0) is 20.8 Å². The minimum absolute atomic E-state index is 0.00299. The van der Waals surface area contributed by atoms with Gasteiger partial charge in [0.25, 0.3) is 0 Å². The maximum atomic E-state index is 12.6. The van der Waals surface area contributed by atoms with Gasteiger partial charge >= 0.3 is 0 Å². The van der Waals surface area contributed by atoms with Gasteiger partial charge in [0.05, 0.1) is 5.92 Å². The highest BCUT2D eigenvalue weighted by Crippen LogP contribution is 2.34. The minimum atomic E-state index is -0.277. The lowest BCUT2D eigenvalue weighted by Gasteiger charge is -2.24. The molecule has 2 heterocycles. The Morgan fingerprint density at radius 2 is 1.96 bits per heavy atom. The van der Waals surface area contributed by atoms with E-state index < -0.39 is 0 Å². The highest BCUT2D eigenvalue weighted by atomic mass is 16.2. The molecule has 0 bridgehead atoms. The van der Waals surface area contributed by atoms with Gasteiger partial charge in [-0.25, -0.2) is 0 Å². The second kappa shape index (κ2) is 7.94. The van der Waals surface area contributed by atoms with Crippen molar-refractivity contribution in [3.05, 3.63) is 23.8 Å². The van der Waals surface area contributed by atoms with E-state index in [-0.39, 0.29) is 36.1 Å². The molecule has 1 saturated heterocycles. The number of amides is 3. The van der Waals surface area contributed by atoms with Gasteiger partial charge in [-0.3, -0.25) is 14.4 Å². The van der Waals surface area contributed by atoms with E-state index >= 15 is 0 Å². The van der Waals surface area contributed by atoms with Gasteiger partial charge in [0, 0.05) is 43.3 Å². The first kappa shape index (κ1) is 19.0. The summed E-state index contributed by atoms with van der Waals surface area (Å²) in [5.41, 5.74) is 2.89. The molecule has 1 aliphatic carbocycles. The molecule has 6 nitrogen and oxygen atoms in total. The van der Waals surface area contributed by atoms with Crippen molar-refractivity contribution in [2.75, 3.05) is 22.9 Å². The molecule has 3 aliphatic rings. The number of nitrogens with zero attached hydrogens (tertiary/aromatic N) is 2. The van der Waals surface area contributed by atoms with Gasteiger partial charge in [0.2, 0.25) is 17.7 Å². The summed E-state index contributed by atoms with van der Waals surface area (Å²) in [6.07, 6.45) is 7.27. The first-order valence-electron chi connectivity index (χ1n) is 10.6. The van der Waals surface area contributed by atoms with Crippen LogP contribution in [0.5, 0.6) is 0 Å². The second-order valence-corrected chi connectivity index (χ2v) is 8.21. The predicted octanol–water partition coefficient (Wildman–Crippen LogP) is 2.79. The smallest absolute Gasteiger partial charge is 0.227 e. The van der Waals surface area contributed by atoms with Crippen molar-refractivity contribution in [2.24, 2.45) is 5.92 Å². The molecule has 0 aromatic heterocycles. The lowest BCUT2D eigenvalue weighted by Crippen LogP contribution is -2.40. The summed E-state index contributed by atoms with van der Waals surface area (Å²) in [5.74, 6) is -0.129. The number of nitrogens with one attached hydrogen (secondary N) is 1. The van der Waals surface area contributed by atoms with Crippen molar-refractivity contribution in [3.63, 3.8) is 0 Å². The van der Waals surface area contributed by atoms with Crippen LogP contribution >= 0.6 is 0 Å². The molecule has 1 aromatic carbocycles. The topological polar surface area (TPSA) is 69.7 Å². The Balaban J connectivity index is 1.43. The summed E-state index contributed by atoms with van der Waals surface area (Å²) in [4.78, 5) is 40.8. The fourth-order valence-electron chi connectivity index (χ4n) is 4.70. The molecule has 1 N–H and O–H groups in total. The van der Waals surface area contributed by atoms with Gasteiger partial charge in [-0.1, -0.05) is 26.2 Å². The van der Waals surface area contributed by atoms with Crippen molar-refractivity contribution in [3.8, 4) is 0 Å². The molecule has 1 atom stereocenters. The largest absolute Gasteiger partial charge is 0.353 e. The fourth-order valence-corrected chi connectivity index (χ4v) is 4.70. The maximum Gasteiger partial charge on any atom is 0.227 e. The number of hydrogen-bond acceptors (Lipinski definition) is 3. The Kier molecular flexibility index (Phi) is 5.38. The van der Waals surface area contributed by atoms with Crippen molar-refractivity contribution >= 4 is 29.1 Å². The Hall–Kier alpha value is -2.37. The summed E-state index contributed by atoms with van der Waals surface area (Å²) in [7, 11) is 0. The van der Waals surface area contributed by atoms with Gasteiger partial charge in [-0.2, -0.15) is 0 Å². The highest BCUT2D eigenvalue weighted by molar-refractivity contribution is 6.01. The molecule has 4 rings (SSSR count). The third-order valence-corrected chi connectivity index (χ3v) is 6.32. The normalized spacial score (nSPS) is 22.5. The quantitative estimate of drug-likeness (QED) is 0.869. The highest BCUT2D eigenvalue weighted by Gasteiger charge is 2.36. The average molecular weight is 383 g/mol. The lowest BCUT2D eigenvalue weighted by molar-refractivity contribution is -0.127. The molecular formula is C22H29N3O3. The van der Waals surface area contributed by atoms with E-state index in [0.717, 1.165) is 36.2 Å². The number of carbonyl (C=O) groups excluding carboxylic acids is 3. The van der Waals surface area contributed by atoms with Crippen LogP contribution in [0.4, 0.5) is 11.4 Å². The third kappa shape index (κ3) is 3.64. The SMILES string of the molecule is CCC(=O)N1CCc2cc(N3C[C@@H](C(=O)NC4CCCCC4)CC3=O)ccc21. The molecule has 1 aromatic rings. The molecule has 0 radical (unpaired) electrons. The monoisotopic (exact) mass is 383 g/mol. The van der Waals surface area contributed by atoms with Crippen molar-refractivity contribution < 1.29 is 14.4 Å². The standard InChI is InChI=1S/C22H29N3O3/c1-2-20(26)24-11-10-15-12-18(8-9-19(15)24)25-14-16(13-21(25)27)22(28)23-17-6-4-3-5-7-17/h8-9,12,16-17H,2-7,10-11,13-14H2,1H3,(H,23,28)/t16-/m0/s1. The van der Waals surface area contributed by atoms with Crippen LogP contribution < -0.4 is 15.1 Å². The van der Waals surface area contributed by atoms with E-state index in [1.807, 2.05) is 30.0 Å². The van der Waals surface area contributed by atoms with Crippen molar-refractivity contribution in [1.82, 2.24) is 5.32 Å². The van der Waals surface area contributed by atoms with E-state index in [1.54, 1.807) is 4.90 Å². The van der Waals surface area contributed by atoms with Gasteiger partial charge in [0.1, 0.15) is 0 Å². The summed E-state index contributed by atoms with van der Waals surface area (Å²) in [5, 5.41) is 3.16. The summed E-state index contributed by atoms with van der Waals surface area (Å²) >= 11 is 0. The zero-order valence-corrected chi connectivity index (χ0v) is 16.6. The molecule has 28 heavy (non-hydrogen) atoms. The summed E-state index contributed by atoms with van der Waals surface area (Å²) in [6, 6.07) is 6.12. The minimum Gasteiger partial charge on any atom is -0.353 e. The number of hydrogen-bond donors (Lipinski definition) is 1. The average Bonchev–Trinajstić information content (AvgIpc) is 3.31. The molecule has 6 heteroatoms. The first-order chi connectivity index (χ1) is 13.6. The maximum absolute atomic E-state index is 12.6. The second-order valence-electron chi connectivity index (χ2n) is 8.21. The predicted molar refractivity (Wildman–Crippen MR) is 108 cm³/mol. The van der Waals surface area contributed by atoms with Crippen LogP contribution in [-0.4, -0.2) is 36.9 Å². The molecule has 0 spiro atoms. The number of fused-ring (bicyclic) bond motifs is 1. The van der Waals surface area contributed by atoms with Crippen molar-refractivity contribution in [1.29, 1.82) is 0 Å². The molecular weight excluding hydrogens is 354 g/mol. The molecule has 0 unspecified atom stereocenters. The molecule has 2 fully saturated rings. The Labute approximate surface area is 166 Å². The Morgan fingerprint density at radius 1 is 1.18 bits per heavy atom. The van der Waals surface area contributed by atoms with Gasteiger partial charge in [-0.15, -0.1) is 0 Å². The zero-order valence-electron chi connectivity index (χ0n) is 16.6. The number of rotatable bonds is 4. The molecule has 2 aliphatic heterocycles. The molecule has 3 amide bonds. The summed E-state index contributed by atoms with van der Waals surface area (Å²) in [6.45, 7) is 3.01. The van der Waals surface area contributed by atoms with Crippen LogP contribution in [0.2, 0.25) is 0 Å². The lowest BCUT2D eigenvalue weighted by atomic mass is 9.95. The Morgan fingerprint density at radius 3 is 2.71 bits per heavy atom. The van der Waals surface area contributed by atoms with Crippen LogP contribution in [0.1, 0.15) is 57.4 Å². The van der Waals surface area contributed by atoms with Crippen LogP contribution in [0.3, 0.4) is 0 Å². The van der Waals surface area contributed by atoms with Gasteiger partial charge in [0.15, 0.2) is 0 Å².